The van der Waals surface area contributed by atoms with Gasteiger partial charge in [-0.3, -0.25) is 9.52 Å². The van der Waals surface area contributed by atoms with Crippen LogP contribution in [0.15, 0.2) is 89.8 Å². The van der Waals surface area contributed by atoms with Gasteiger partial charge in [-0.15, -0.1) is 0 Å². The molecular weight excluding hydrogens is 438 g/mol. The van der Waals surface area contributed by atoms with Gasteiger partial charge in [0.15, 0.2) is 0 Å². The predicted octanol–water partition coefficient (Wildman–Crippen LogP) is 5.38. The number of carboxylic acids is 1. The Bertz CT molecular complexity index is 1190. The standard InChI is InChI=1S/C26H27NO5S/c28-26(29)18-17-22-12-6-7-16-25(22)32-19-8-2-3-10-21-11-9-13-23(20-21)27-33(30,31)24-14-4-1-5-15-24/h1,3-7,9-16,20,27H,2,8,17-19H2,(H,28,29)/b10-3-. The molecule has 33 heavy (non-hydrogen) atoms. The highest BCUT2D eigenvalue weighted by molar-refractivity contribution is 7.92. The van der Waals surface area contributed by atoms with Crippen LogP contribution in [0, 0.1) is 0 Å². The average molecular weight is 466 g/mol. The van der Waals surface area contributed by atoms with Crippen LogP contribution < -0.4 is 9.46 Å². The minimum absolute atomic E-state index is 0.0731. The molecule has 0 fully saturated rings. The maximum absolute atomic E-state index is 12.5. The third-order valence-corrected chi connectivity index (χ3v) is 6.25. The number of aliphatic carboxylic acids is 1. The quantitative estimate of drug-likeness (QED) is 0.351. The number of nitrogens with one attached hydrogen (secondary N) is 1. The van der Waals surface area contributed by atoms with E-state index in [1.54, 1.807) is 48.5 Å². The van der Waals surface area contributed by atoms with Crippen molar-refractivity contribution in [1.82, 2.24) is 0 Å². The molecule has 0 aromatic heterocycles. The zero-order chi connectivity index (χ0) is 23.5. The molecule has 0 atom stereocenters. The van der Waals surface area contributed by atoms with E-state index >= 15 is 0 Å². The number of para-hydroxylation sites is 1. The van der Waals surface area contributed by atoms with Gasteiger partial charge in [-0.2, -0.15) is 0 Å². The second-order valence-electron chi connectivity index (χ2n) is 7.44. The Morgan fingerprint density at radius 2 is 1.73 bits per heavy atom. The van der Waals surface area contributed by atoms with Crippen LogP contribution in [-0.2, 0) is 21.2 Å². The molecule has 0 saturated heterocycles. The van der Waals surface area contributed by atoms with Crippen molar-refractivity contribution in [2.45, 2.75) is 30.6 Å². The molecule has 0 saturated carbocycles. The molecule has 3 rings (SSSR count). The molecule has 0 bridgehead atoms. The smallest absolute Gasteiger partial charge is 0.303 e. The lowest BCUT2D eigenvalue weighted by molar-refractivity contribution is -0.136. The van der Waals surface area contributed by atoms with Crippen LogP contribution in [-0.4, -0.2) is 26.1 Å². The van der Waals surface area contributed by atoms with Crippen molar-refractivity contribution < 1.29 is 23.1 Å². The molecule has 0 aliphatic heterocycles. The summed E-state index contributed by atoms with van der Waals surface area (Å²) in [6.45, 7) is 0.519. The summed E-state index contributed by atoms with van der Waals surface area (Å²) in [7, 11) is -3.62. The van der Waals surface area contributed by atoms with E-state index in [-0.39, 0.29) is 11.3 Å². The van der Waals surface area contributed by atoms with E-state index in [1.807, 2.05) is 42.5 Å². The zero-order valence-electron chi connectivity index (χ0n) is 18.2. The maximum atomic E-state index is 12.5. The first-order chi connectivity index (χ1) is 15.9. The summed E-state index contributed by atoms with van der Waals surface area (Å²) in [5, 5.41) is 8.88. The largest absolute Gasteiger partial charge is 0.493 e. The Hall–Kier alpha value is -3.58. The lowest BCUT2D eigenvalue weighted by Gasteiger charge is -2.10. The van der Waals surface area contributed by atoms with Gasteiger partial charge in [-0.05, 0) is 60.7 Å². The predicted molar refractivity (Wildman–Crippen MR) is 130 cm³/mol. The van der Waals surface area contributed by atoms with Gasteiger partial charge in [0.1, 0.15) is 5.75 Å². The summed E-state index contributed by atoms with van der Waals surface area (Å²) in [4.78, 5) is 11.0. The summed E-state index contributed by atoms with van der Waals surface area (Å²) < 4.78 is 33.4. The van der Waals surface area contributed by atoms with Gasteiger partial charge in [0.05, 0.1) is 11.5 Å². The summed E-state index contributed by atoms with van der Waals surface area (Å²) >= 11 is 0. The minimum Gasteiger partial charge on any atom is -0.493 e. The van der Waals surface area contributed by atoms with Crippen molar-refractivity contribution in [3.05, 3.63) is 96.1 Å². The van der Waals surface area contributed by atoms with Crippen LogP contribution in [0.2, 0.25) is 0 Å². The number of sulfonamides is 1. The van der Waals surface area contributed by atoms with Crippen LogP contribution in [0.5, 0.6) is 5.75 Å². The van der Waals surface area contributed by atoms with Gasteiger partial charge in [-0.1, -0.05) is 60.7 Å². The second-order valence-corrected chi connectivity index (χ2v) is 9.12. The molecule has 0 spiro atoms. The first kappa shape index (κ1) is 24.1. The number of rotatable bonds is 12. The highest BCUT2D eigenvalue weighted by atomic mass is 32.2. The number of benzene rings is 3. The molecule has 0 heterocycles. The van der Waals surface area contributed by atoms with Crippen molar-refractivity contribution in [3.63, 3.8) is 0 Å². The van der Waals surface area contributed by atoms with Gasteiger partial charge in [-0.25, -0.2) is 8.42 Å². The Morgan fingerprint density at radius 1 is 0.970 bits per heavy atom. The van der Waals surface area contributed by atoms with Crippen molar-refractivity contribution >= 4 is 27.8 Å². The number of carbonyl (C=O) groups is 1. The lowest BCUT2D eigenvalue weighted by Crippen LogP contribution is -2.12. The summed E-state index contributed by atoms with van der Waals surface area (Å²) in [5.41, 5.74) is 2.29. The Labute approximate surface area is 194 Å². The number of carboxylic acid groups (broad SMARTS) is 1. The van der Waals surface area contributed by atoms with Crippen LogP contribution in [0.3, 0.4) is 0 Å². The number of hydrogen-bond acceptors (Lipinski definition) is 4. The molecule has 0 aliphatic carbocycles. The van der Waals surface area contributed by atoms with E-state index in [1.165, 1.54) is 0 Å². The second kappa shape index (κ2) is 11.9. The number of unbranched alkanes of at least 4 members (excludes halogenated alkanes) is 1. The van der Waals surface area contributed by atoms with E-state index in [2.05, 4.69) is 4.72 Å². The topological polar surface area (TPSA) is 92.7 Å². The van der Waals surface area contributed by atoms with Crippen molar-refractivity contribution in [3.8, 4) is 5.75 Å². The van der Waals surface area contributed by atoms with Crippen LogP contribution in [0.25, 0.3) is 6.08 Å². The van der Waals surface area contributed by atoms with E-state index in [0.717, 1.165) is 29.7 Å². The molecule has 172 valence electrons. The SMILES string of the molecule is O=C(O)CCc1ccccc1OCCC/C=C\c1cccc(NS(=O)(=O)c2ccccc2)c1. The molecule has 0 amide bonds. The molecule has 0 aliphatic rings. The Kier molecular flexibility index (Phi) is 8.66. The van der Waals surface area contributed by atoms with Crippen molar-refractivity contribution in [2.24, 2.45) is 0 Å². The van der Waals surface area contributed by atoms with Gasteiger partial charge < -0.3 is 9.84 Å². The molecule has 6 nitrogen and oxygen atoms in total. The van der Waals surface area contributed by atoms with Gasteiger partial charge in [0, 0.05) is 12.1 Å². The normalized spacial score (nSPS) is 11.4. The zero-order valence-corrected chi connectivity index (χ0v) is 19.0. The number of anilines is 1. The minimum atomic E-state index is -3.62. The maximum Gasteiger partial charge on any atom is 0.303 e. The molecule has 0 unspecified atom stereocenters. The Morgan fingerprint density at radius 3 is 2.52 bits per heavy atom. The first-order valence-electron chi connectivity index (χ1n) is 10.7. The number of aryl methyl sites for hydroxylation is 1. The fraction of sp³-hybridized carbons (Fsp3) is 0.192. The van der Waals surface area contributed by atoms with Gasteiger partial charge >= 0.3 is 5.97 Å². The monoisotopic (exact) mass is 465 g/mol. The van der Waals surface area contributed by atoms with E-state index in [4.69, 9.17) is 9.84 Å². The van der Waals surface area contributed by atoms with Crippen LogP contribution in [0.4, 0.5) is 5.69 Å². The van der Waals surface area contributed by atoms with E-state index in [9.17, 15) is 13.2 Å². The molecule has 0 radical (unpaired) electrons. The lowest BCUT2D eigenvalue weighted by atomic mass is 10.1. The number of allylic oxidation sites excluding steroid dienone is 1. The molecular formula is C26H27NO5S. The summed E-state index contributed by atoms with van der Waals surface area (Å²) in [5.74, 6) is -0.104. The number of ether oxygens (including phenoxy) is 1. The average Bonchev–Trinajstić information content (AvgIpc) is 2.81. The fourth-order valence-corrected chi connectivity index (χ4v) is 4.29. The molecule has 7 heteroatoms. The van der Waals surface area contributed by atoms with Crippen molar-refractivity contribution in [1.29, 1.82) is 0 Å². The highest BCUT2D eigenvalue weighted by Crippen LogP contribution is 2.20. The van der Waals surface area contributed by atoms with E-state index < -0.39 is 16.0 Å². The third-order valence-electron chi connectivity index (χ3n) is 4.86. The van der Waals surface area contributed by atoms with Crippen LogP contribution in [0.1, 0.15) is 30.4 Å². The molecule has 2 N–H and O–H groups in total. The van der Waals surface area contributed by atoms with Gasteiger partial charge in [0.2, 0.25) is 0 Å². The molecule has 3 aromatic rings. The summed E-state index contributed by atoms with van der Waals surface area (Å²) in [6.07, 6.45) is 6.06. The number of hydrogen-bond donors (Lipinski definition) is 2. The van der Waals surface area contributed by atoms with E-state index in [0.29, 0.717) is 18.7 Å². The van der Waals surface area contributed by atoms with Crippen LogP contribution >= 0.6 is 0 Å². The third kappa shape index (κ3) is 7.80. The summed E-state index contributed by atoms with van der Waals surface area (Å²) in [6, 6.07) is 23.0. The Balaban J connectivity index is 1.48. The first-order valence-corrected chi connectivity index (χ1v) is 12.2. The van der Waals surface area contributed by atoms with Gasteiger partial charge in [0.25, 0.3) is 10.0 Å². The van der Waals surface area contributed by atoms with Crippen molar-refractivity contribution in [2.75, 3.05) is 11.3 Å². The fourth-order valence-electron chi connectivity index (χ4n) is 3.22. The highest BCUT2D eigenvalue weighted by Gasteiger charge is 2.13. The molecule has 3 aromatic carbocycles.